The molecule has 26 heavy (non-hydrogen) atoms. The summed E-state index contributed by atoms with van der Waals surface area (Å²) in [6.07, 6.45) is 0.653. The number of carbonyl (C=O) groups excluding carboxylic acids is 1. The highest BCUT2D eigenvalue weighted by molar-refractivity contribution is 6.35. The van der Waals surface area contributed by atoms with Crippen LogP contribution in [0.3, 0.4) is 0 Å². The van der Waals surface area contributed by atoms with Gasteiger partial charge in [-0.2, -0.15) is 0 Å². The van der Waals surface area contributed by atoms with Gasteiger partial charge in [-0.3, -0.25) is 4.79 Å². The summed E-state index contributed by atoms with van der Waals surface area (Å²) in [4.78, 5) is 23.3. The molecular weight excluding hydrogens is 357 g/mol. The van der Waals surface area contributed by atoms with Crippen molar-refractivity contribution in [1.29, 1.82) is 0 Å². The van der Waals surface area contributed by atoms with Crippen molar-refractivity contribution in [2.45, 2.75) is 12.8 Å². The molecule has 0 bridgehead atoms. The van der Waals surface area contributed by atoms with E-state index in [-0.39, 0.29) is 28.6 Å². The molecule has 6 heteroatoms. The minimum atomic E-state index is -1.10. The number of para-hydroxylation sites is 1. The first-order chi connectivity index (χ1) is 12.5. The van der Waals surface area contributed by atoms with Crippen LogP contribution in [-0.2, 0) is 11.2 Å². The van der Waals surface area contributed by atoms with E-state index in [4.69, 9.17) is 16.7 Å². The third-order valence-electron chi connectivity index (χ3n) is 4.04. The first-order valence-electron chi connectivity index (χ1n) is 7.94. The zero-order chi connectivity index (χ0) is 18.7. The minimum absolute atomic E-state index is 0.0447. The molecule has 3 aromatic rings. The highest BCUT2D eigenvalue weighted by Gasteiger charge is 2.12. The van der Waals surface area contributed by atoms with Crippen molar-refractivity contribution in [3.63, 3.8) is 0 Å². The summed E-state index contributed by atoms with van der Waals surface area (Å²) in [5.74, 6) is -1.85. The van der Waals surface area contributed by atoms with Crippen LogP contribution >= 0.6 is 11.6 Å². The predicted octanol–water partition coefficient (Wildman–Crippen LogP) is 4.90. The number of hydrogen-bond acceptors (Lipinski definition) is 2. The monoisotopic (exact) mass is 371 g/mol. The average Bonchev–Trinajstić information content (AvgIpc) is 2.63. The van der Waals surface area contributed by atoms with Crippen molar-refractivity contribution >= 4 is 39.9 Å². The van der Waals surface area contributed by atoms with Gasteiger partial charge in [-0.25, -0.2) is 9.18 Å². The maximum Gasteiger partial charge on any atom is 0.337 e. The number of aromatic carboxylic acids is 1. The van der Waals surface area contributed by atoms with E-state index in [1.165, 1.54) is 12.1 Å². The molecule has 0 aromatic heterocycles. The zero-order valence-electron chi connectivity index (χ0n) is 13.6. The van der Waals surface area contributed by atoms with Crippen LogP contribution in [0.1, 0.15) is 22.3 Å². The predicted molar refractivity (Wildman–Crippen MR) is 99.3 cm³/mol. The Hall–Kier alpha value is -2.92. The van der Waals surface area contributed by atoms with Gasteiger partial charge in [-0.1, -0.05) is 48.0 Å². The number of benzene rings is 3. The first kappa shape index (κ1) is 17.9. The van der Waals surface area contributed by atoms with Gasteiger partial charge in [0.2, 0.25) is 5.91 Å². The highest BCUT2D eigenvalue weighted by atomic mass is 35.5. The fraction of sp³-hybridized carbons (Fsp3) is 0.100. The zero-order valence-corrected chi connectivity index (χ0v) is 14.4. The molecular formula is C20H15ClFNO3. The van der Waals surface area contributed by atoms with Crippen molar-refractivity contribution in [3.8, 4) is 0 Å². The molecule has 132 valence electrons. The lowest BCUT2D eigenvalue weighted by Gasteiger charge is -2.09. The molecule has 0 saturated carbocycles. The van der Waals surface area contributed by atoms with Crippen molar-refractivity contribution in [1.82, 2.24) is 0 Å². The van der Waals surface area contributed by atoms with E-state index in [2.05, 4.69) is 5.32 Å². The van der Waals surface area contributed by atoms with E-state index in [1.807, 2.05) is 6.07 Å². The van der Waals surface area contributed by atoms with Crippen LogP contribution in [0.15, 0.2) is 54.6 Å². The van der Waals surface area contributed by atoms with Gasteiger partial charge in [-0.05, 0) is 35.6 Å². The van der Waals surface area contributed by atoms with Crippen LogP contribution in [0.5, 0.6) is 0 Å². The van der Waals surface area contributed by atoms with E-state index in [0.29, 0.717) is 11.8 Å². The molecule has 0 heterocycles. The van der Waals surface area contributed by atoms with Crippen LogP contribution in [-0.4, -0.2) is 17.0 Å². The Kier molecular flexibility index (Phi) is 5.19. The second-order valence-corrected chi connectivity index (χ2v) is 6.19. The number of carbonyl (C=O) groups is 2. The van der Waals surface area contributed by atoms with Crippen LogP contribution < -0.4 is 5.32 Å². The molecule has 3 rings (SSSR count). The maximum atomic E-state index is 13.5. The molecule has 3 aromatic carbocycles. The van der Waals surface area contributed by atoms with Crippen LogP contribution in [0.4, 0.5) is 10.1 Å². The van der Waals surface area contributed by atoms with E-state index in [0.717, 1.165) is 10.9 Å². The normalized spacial score (nSPS) is 10.7. The van der Waals surface area contributed by atoms with E-state index in [1.54, 1.807) is 36.4 Å². The number of aryl methyl sites for hydroxylation is 1. The number of halogens is 2. The van der Waals surface area contributed by atoms with Crippen molar-refractivity contribution in [3.05, 3.63) is 76.6 Å². The summed E-state index contributed by atoms with van der Waals surface area (Å²) in [5, 5.41) is 13.3. The Labute approximate surface area is 154 Å². The number of carboxylic acids is 1. The van der Waals surface area contributed by atoms with Gasteiger partial charge < -0.3 is 10.4 Å². The van der Waals surface area contributed by atoms with Crippen LogP contribution in [0, 0.1) is 5.82 Å². The van der Waals surface area contributed by atoms with Gasteiger partial charge in [0.1, 0.15) is 5.82 Å². The molecule has 0 aliphatic heterocycles. The maximum absolute atomic E-state index is 13.5. The molecule has 0 spiro atoms. The number of amides is 1. The van der Waals surface area contributed by atoms with Gasteiger partial charge in [0.05, 0.1) is 16.3 Å². The molecule has 0 saturated heterocycles. The molecule has 4 nitrogen and oxygen atoms in total. The lowest BCUT2D eigenvalue weighted by molar-refractivity contribution is -0.116. The Morgan fingerprint density at radius 2 is 1.85 bits per heavy atom. The fourth-order valence-electron chi connectivity index (χ4n) is 2.72. The molecule has 1 amide bonds. The van der Waals surface area contributed by atoms with Crippen molar-refractivity contribution in [2.75, 3.05) is 5.32 Å². The number of hydrogen-bond donors (Lipinski definition) is 2. The summed E-state index contributed by atoms with van der Waals surface area (Å²) >= 11 is 5.95. The SMILES string of the molecule is O=C(CCc1ccc2c(Cl)c(F)ccc2c1)Nc1ccccc1C(=O)O. The lowest BCUT2D eigenvalue weighted by atomic mass is 10.0. The molecule has 2 N–H and O–H groups in total. The number of rotatable bonds is 5. The molecule has 0 unspecified atom stereocenters. The van der Waals surface area contributed by atoms with Gasteiger partial charge in [0, 0.05) is 11.8 Å². The van der Waals surface area contributed by atoms with Gasteiger partial charge in [0.25, 0.3) is 0 Å². The average molecular weight is 372 g/mol. The van der Waals surface area contributed by atoms with E-state index >= 15 is 0 Å². The Balaban J connectivity index is 1.69. The lowest BCUT2D eigenvalue weighted by Crippen LogP contribution is -2.15. The number of fused-ring (bicyclic) bond motifs is 1. The molecule has 0 aliphatic rings. The van der Waals surface area contributed by atoms with E-state index in [9.17, 15) is 14.0 Å². The Bertz CT molecular complexity index is 1000. The number of nitrogens with one attached hydrogen (secondary N) is 1. The topological polar surface area (TPSA) is 66.4 Å². The summed E-state index contributed by atoms with van der Waals surface area (Å²) in [6, 6.07) is 14.6. The Morgan fingerprint density at radius 3 is 2.62 bits per heavy atom. The summed E-state index contributed by atoms with van der Waals surface area (Å²) in [6.45, 7) is 0. The van der Waals surface area contributed by atoms with Crippen LogP contribution in [0.25, 0.3) is 10.8 Å². The van der Waals surface area contributed by atoms with E-state index < -0.39 is 11.8 Å². The number of anilines is 1. The Morgan fingerprint density at radius 1 is 1.08 bits per heavy atom. The van der Waals surface area contributed by atoms with Gasteiger partial charge in [0.15, 0.2) is 0 Å². The quantitative estimate of drug-likeness (QED) is 0.670. The summed E-state index contributed by atoms with van der Waals surface area (Å²) in [7, 11) is 0. The number of carboxylic acid groups (broad SMARTS) is 1. The largest absolute Gasteiger partial charge is 0.478 e. The molecule has 0 aliphatic carbocycles. The van der Waals surface area contributed by atoms with Crippen molar-refractivity contribution < 1.29 is 19.1 Å². The molecule has 0 radical (unpaired) electrons. The van der Waals surface area contributed by atoms with Crippen molar-refractivity contribution in [2.24, 2.45) is 0 Å². The second kappa shape index (κ2) is 7.54. The smallest absolute Gasteiger partial charge is 0.337 e. The summed E-state index contributed by atoms with van der Waals surface area (Å²) < 4.78 is 13.5. The molecule has 0 atom stereocenters. The third-order valence-corrected chi connectivity index (χ3v) is 4.43. The highest BCUT2D eigenvalue weighted by Crippen LogP contribution is 2.27. The first-order valence-corrected chi connectivity index (χ1v) is 8.32. The second-order valence-electron chi connectivity index (χ2n) is 5.82. The van der Waals surface area contributed by atoms with Crippen LogP contribution in [0.2, 0.25) is 5.02 Å². The van der Waals surface area contributed by atoms with Gasteiger partial charge >= 0.3 is 5.97 Å². The standard InChI is InChI=1S/C20H15ClFNO3/c21-19-14-8-5-12(11-13(14)7-9-16(19)22)6-10-18(24)23-17-4-2-1-3-15(17)20(25)26/h1-5,7-9,11H,6,10H2,(H,23,24)(H,25,26). The van der Waals surface area contributed by atoms with Gasteiger partial charge in [-0.15, -0.1) is 0 Å². The fourth-order valence-corrected chi connectivity index (χ4v) is 2.95. The summed E-state index contributed by atoms with van der Waals surface area (Å²) in [5.41, 5.74) is 1.22. The minimum Gasteiger partial charge on any atom is -0.478 e. The third kappa shape index (κ3) is 3.83. The molecule has 0 fully saturated rings.